The molecule has 2 nitrogen and oxygen atoms in total. The highest BCUT2D eigenvalue weighted by atomic mass is 35.5. The normalized spacial score (nSPS) is 12.3. The van der Waals surface area contributed by atoms with Gasteiger partial charge in [0, 0.05) is 18.1 Å². The van der Waals surface area contributed by atoms with Crippen LogP contribution in [0, 0.1) is 0 Å². The summed E-state index contributed by atoms with van der Waals surface area (Å²) in [6.45, 7) is 12.6. The van der Waals surface area contributed by atoms with Gasteiger partial charge in [-0.25, -0.2) is 0 Å². The predicted octanol–water partition coefficient (Wildman–Crippen LogP) is 3.53. The van der Waals surface area contributed by atoms with Gasteiger partial charge in [0.1, 0.15) is 0 Å². The van der Waals surface area contributed by atoms with Crippen molar-refractivity contribution in [2.45, 2.75) is 59.7 Å². The molecule has 0 aromatic rings. The van der Waals surface area contributed by atoms with E-state index in [1.807, 2.05) is 13.8 Å². The highest BCUT2D eigenvalue weighted by molar-refractivity contribution is 6.64. The fourth-order valence-electron chi connectivity index (χ4n) is 1.30. The Bertz CT molecular complexity index is 169. The van der Waals surface area contributed by atoms with Crippen molar-refractivity contribution in [1.82, 2.24) is 4.90 Å². The third-order valence-electron chi connectivity index (χ3n) is 1.69. The molecule has 0 heterocycles. The summed E-state index contributed by atoms with van der Waals surface area (Å²) in [6, 6.07) is 1.05. The van der Waals surface area contributed by atoms with Crippen LogP contribution in [0.1, 0.15) is 41.5 Å². The Morgan fingerprint density at radius 2 is 1.36 bits per heavy atom. The zero-order chi connectivity index (χ0) is 10.6. The zero-order valence-corrected chi connectivity index (χ0v) is 11.5. The summed E-state index contributed by atoms with van der Waals surface area (Å²) >= 11 is 6.11. The molecule has 0 aliphatic rings. The molecule has 0 spiro atoms. The average molecular weight is 241 g/mol. The van der Waals surface area contributed by atoms with Gasteiger partial charge in [0.25, 0.3) is 0 Å². The van der Waals surface area contributed by atoms with Crippen LogP contribution in [0.5, 0.6) is 0 Å². The molecule has 0 amide bonds. The zero-order valence-electron chi connectivity index (χ0n) is 9.91. The van der Waals surface area contributed by atoms with E-state index in [2.05, 4.69) is 37.6 Å². The second kappa shape index (κ2) is 7.36. The van der Waals surface area contributed by atoms with Gasteiger partial charge < -0.3 is 4.90 Å². The Morgan fingerprint density at radius 3 is 1.57 bits per heavy atom. The monoisotopic (exact) mass is 240 g/mol. The van der Waals surface area contributed by atoms with Crippen molar-refractivity contribution in [3.8, 4) is 0 Å². The summed E-state index contributed by atoms with van der Waals surface area (Å²) in [4.78, 5) is 6.44. The van der Waals surface area contributed by atoms with Crippen molar-refractivity contribution in [2.24, 2.45) is 4.99 Å². The van der Waals surface area contributed by atoms with E-state index in [1.54, 1.807) is 0 Å². The lowest BCUT2D eigenvalue weighted by atomic mass is 10.2. The molecule has 14 heavy (non-hydrogen) atoms. The summed E-state index contributed by atoms with van der Waals surface area (Å²) in [6.07, 6.45) is 0. The van der Waals surface area contributed by atoms with Crippen LogP contribution >= 0.6 is 24.0 Å². The molecular weight excluding hydrogens is 219 g/mol. The van der Waals surface area contributed by atoms with Gasteiger partial charge in [0.05, 0.1) is 0 Å². The Labute approximate surface area is 99.1 Å². The molecule has 0 unspecified atom stereocenters. The molecule has 0 saturated heterocycles. The van der Waals surface area contributed by atoms with E-state index < -0.39 is 0 Å². The lowest BCUT2D eigenvalue weighted by Gasteiger charge is -2.31. The second-order valence-corrected chi connectivity index (χ2v) is 4.42. The molecule has 0 saturated carbocycles. The van der Waals surface area contributed by atoms with Gasteiger partial charge in [-0.3, -0.25) is 4.99 Å². The number of hydrogen-bond acceptors (Lipinski definition) is 1. The Morgan fingerprint density at radius 1 is 1.00 bits per heavy atom. The van der Waals surface area contributed by atoms with E-state index in [9.17, 15) is 0 Å². The van der Waals surface area contributed by atoms with Gasteiger partial charge >= 0.3 is 0 Å². The molecule has 0 fully saturated rings. The van der Waals surface area contributed by atoms with E-state index >= 15 is 0 Å². The minimum atomic E-state index is 0. The van der Waals surface area contributed by atoms with Gasteiger partial charge in [0.2, 0.25) is 0 Å². The largest absolute Gasteiger partial charge is 0.342 e. The van der Waals surface area contributed by atoms with Crippen molar-refractivity contribution in [2.75, 3.05) is 0 Å². The smallest absolute Gasteiger partial charge is 0.194 e. The van der Waals surface area contributed by atoms with E-state index in [0.717, 1.165) is 0 Å². The number of nitrogens with zero attached hydrogens (tertiary/aromatic N) is 2. The van der Waals surface area contributed by atoms with Gasteiger partial charge in [0.15, 0.2) is 5.29 Å². The van der Waals surface area contributed by atoms with Crippen LogP contribution in [0.4, 0.5) is 0 Å². The number of rotatable bonds is 3. The highest BCUT2D eigenvalue weighted by Gasteiger charge is 2.16. The number of aliphatic imine (C=N–C) groups is 1. The minimum Gasteiger partial charge on any atom is -0.342 e. The molecule has 0 rings (SSSR count). The van der Waals surface area contributed by atoms with Crippen molar-refractivity contribution >= 4 is 29.3 Å². The summed E-state index contributed by atoms with van der Waals surface area (Å²) in [5.41, 5.74) is 0. The topological polar surface area (TPSA) is 15.6 Å². The van der Waals surface area contributed by atoms with Gasteiger partial charge in [-0.05, 0) is 53.1 Å². The number of halogens is 2. The van der Waals surface area contributed by atoms with Crippen LogP contribution in [-0.4, -0.2) is 28.3 Å². The molecule has 4 heteroatoms. The summed E-state index contributed by atoms with van der Waals surface area (Å²) < 4.78 is 0. The van der Waals surface area contributed by atoms with Crippen LogP contribution in [0.15, 0.2) is 4.99 Å². The van der Waals surface area contributed by atoms with E-state index in [0.29, 0.717) is 17.4 Å². The fourth-order valence-corrected chi connectivity index (χ4v) is 1.89. The SMILES string of the molecule is CC(C)/N=C(\Cl)N(C(C)C)C(C)C.Cl. The third kappa shape index (κ3) is 5.71. The van der Waals surface area contributed by atoms with Gasteiger partial charge in [-0.15, -0.1) is 12.4 Å². The molecule has 0 aliphatic heterocycles. The molecule has 0 bridgehead atoms. The van der Waals surface area contributed by atoms with Crippen LogP contribution < -0.4 is 0 Å². The Kier molecular flexibility index (Phi) is 8.66. The molecule has 0 aromatic heterocycles. The maximum Gasteiger partial charge on any atom is 0.194 e. The second-order valence-electron chi connectivity index (χ2n) is 4.09. The first-order chi connectivity index (χ1) is 5.86. The molecule has 86 valence electrons. The van der Waals surface area contributed by atoms with Gasteiger partial charge in [-0.1, -0.05) is 0 Å². The molecular formula is C10H22Cl2N2. The lowest BCUT2D eigenvalue weighted by molar-refractivity contribution is 0.296. The minimum absolute atomic E-state index is 0. The lowest BCUT2D eigenvalue weighted by Crippen LogP contribution is -2.40. The summed E-state index contributed by atoms with van der Waals surface area (Å²) in [5, 5.41) is 0.625. The average Bonchev–Trinajstić information content (AvgIpc) is 1.81. The van der Waals surface area contributed by atoms with Crippen molar-refractivity contribution < 1.29 is 0 Å². The van der Waals surface area contributed by atoms with Crippen molar-refractivity contribution in [3.05, 3.63) is 0 Å². The first-order valence-electron chi connectivity index (χ1n) is 4.87. The summed E-state index contributed by atoms with van der Waals surface area (Å²) in [5.74, 6) is 0. The Balaban J connectivity index is 0. The van der Waals surface area contributed by atoms with Crippen molar-refractivity contribution in [3.63, 3.8) is 0 Å². The standard InChI is InChI=1S/C10H21ClN2.ClH/c1-7(2)12-10(11)13(8(3)4)9(5)6;/h7-9H,1-6H3;1H/b12-10+;. The number of hydrogen-bond donors (Lipinski definition) is 0. The molecule has 0 atom stereocenters. The first kappa shape index (κ1) is 16.5. The van der Waals surface area contributed by atoms with E-state index in [-0.39, 0.29) is 18.4 Å². The van der Waals surface area contributed by atoms with Crippen LogP contribution in [0.25, 0.3) is 0 Å². The maximum atomic E-state index is 6.11. The maximum absolute atomic E-state index is 6.11. The van der Waals surface area contributed by atoms with E-state index in [1.165, 1.54) is 0 Å². The van der Waals surface area contributed by atoms with E-state index in [4.69, 9.17) is 11.6 Å². The fraction of sp³-hybridized carbons (Fsp3) is 0.900. The first-order valence-corrected chi connectivity index (χ1v) is 5.25. The molecule has 0 N–H and O–H groups in total. The van der Waals surface area contributed by atoms with Crippen LogP contribution in [0.2, 0.25) is 0 Å². The highest BCUT2D eigenvalue weighted by Crippen LogP contribution is 2.10. The Hall–Kier alpha value is 0.0500. The summed E-state index contributed by atoms with van der Waals surface area (Å²) in [7, 11) is 0. The van der Waals surface area contributed by atoms with Crippen LogP contribution in [0.3, 0.4) is 0 Å². The number of amidine groups is 1. The van der Waals surface area contributed by atoms with Gasteiger partial charge in [-0.2, -0.15) is 0 Å². The van der Waals surface area contributed by atoms with Crippen LogP contribution in [-0.2, 0) is 0 Å². The van der Waals surface area contributed by atoms with Crippen molar-refractivity contribution in [1.29, 1.82) is 0 Å². The third-order valence-corrected chi connectivity index (χ3v) is 1.98. The molecule has 0 aliphatic carbocycles. The quantitative estimate of drug-likeness (QED) is 0.419. The molecule has 0 radical (unpaired) electrons. The molecule has 0 aromatic carbocycles. The predicted molar refractivity (Wildman–Crippen MR) is 67.8 cm³/mol.